The lowest BCUT2D eigenvalue weighted by molar-refractivity contribution is -0.122. The number of fused-ring (bicyclic) bond motifs is 2. The number of nitrogens with one attached hydrogen (secondary N) is 2. The molecule has 1 aromatic carbocycles. The van der Waals surface area contributed by atoms with Crippen molar-refractivity contribution in [3.8, 4) is 5.75 Å². The molecule has 1 aliphatic rings. The van der Waals surface area contributed by atoms with Crippen molar-refractivity contribution in [3.63, 3.8) is 0 Å². The molecule has 2 amide bonds. The second-order valence-electron chi connectivity index (χ2n) is 6.72. The largest absolute Gasteiger partial charge is 0.479 e. The van der Waals surface area contributed by atoms with E-state index in [-0.39, 0.29) is 22.5 Å². The Morgan fingerprint density at radius 3 is 2.69 bits per heavy atom. The van der Waals surface area contributed by atoms with Crippen LogP contribution in [0.3, 0.4) is 0 Å². The minimum atomic E-state index is -0.592. The molecule has 1 atom stereocenters. The van der Waals surface area contributed by atoms with E-state index in [9.17, 15) is 19.2 Å². The summed E-state index contributed by atoms with van der Waals surface area (Å²) in [6, 6.07) is 6.25. The molecular weight excluding hydrogens is 378 g/mol. The van der Waals surface area contributed by atoms with Gasteiger partial charge in [0.25, 0.3) is 17.4 Å². The van der Waals surface area contributed by atoms with E-state index in [1.54, 1.807) is 25.1 Å². The lowest BCUT2D eigenvalue weighted by Gasteiger charge is -2.23. The number of ether oxygens (including phenoxy) is 1. The summed E-state index contributed by atoms with van der Waals surface area (Å²) in [5.74, 6) is -0.264. The van der Waals surface area contributed by atoms with Crippen molar-refractivity contribution in [2.75, 3.05) is 10.6 Å². The van der Waals surface area contributed by atoms with E-state index in [2.05, 4.69) is 15.6 Å². The maximum atomic E-state index is 12.6. The molecule has 0 aliphatic carbocycles. The van der Waals surface area contributed by atoms with Crippen molar-refractivity contribution in [1.29, 1.82) is 0 Å². The minimum Gasteiger partial charge on any atom is -0.479 e. The maximum Gasteiger partial charge on any atom is 0.332 e. The van der Waals surface area contributed by atoms with Gasteiger partial charge in [-0.3, -0.25) is 23.5 Å². The predicted octanol–water partition coefficient (Wildman–Crippen LogP) is 0.604. The first-order valence-electron chi connectivity index (χ1n) is 8.75. The first-order chi connectivity index (χ1) is 13.8. The molecule has 3 aromatic rings. The molecule has 4 rings (SSSR count). The van der Waals surface area contributed by atoms with Crippen LogP contribution in [0.5, 0.6) is 5.75 Å². The van der Waals surface area contributed by atoms with Crippen molar-refractivity contribution < 1.29 is 14.3 Å². The Balaban J connectivity index is 1.67. The van der Waals surface area contributed by atoms with Crippen molar-refractivity contribution in [3.05, 3.63) is 56.9 Å². The van der Waals surface area contributed by atoms with E-state index < -0.39 is 23.3 Å². The smallest absolute Gasteiger partial charge is 0.332 e. The number of nitrogens with zero attached hydrogens (tertiary/aromatic N) is 3. The standard InChI is InChI=1S/C19H17N5O5/c1-9-16(25)22-13-7-11(4-5-14(13)29-9)21-17(26)10-6-12-15(20-8-10)23(2)19(28)24(3)18(12)27/h4-9H,1-3H3,(H,21,26)(H,22,25)/t9-/m1/s1. The van der Waals surface area contributed by atoms with Gasteiger partial charge in [0, 0.05) is 26.0 Å². The molecule has 2 aromatic heterocycles. The van der Waals surface area contributed by atoms with E-state index in [4.69, 9.17) is 4.74 Å². The summed E-state index contributed by atoms with van der Waals surface area (Å²) in [7, 11) is 2.86. The summed E-state index contributed by atoms with van der Waals surface area (Å²) in [4.78, 5) is 52.9. The molecule has 148 valence electrons. The number of aryl methyl sites for hydroxylation is 1. The van der Waals surface area contributed by atoms with Gasteiger partial charge in [-0.1, -0.05) is 0 Å². The van der Waals surface area contributed by atoms with Gasteiger partial charge in [0.2, 0.25) is 0 Å². The maximum absolute atomic E-state index is 12.6. The van der Waals surface area contributed by atoms with Gasteiger partial charge in [-0.25, -0.2) is 9.78 Å². The molecule has 0 radical (unpaired) electrons. The van der Waals surface area contributed by atoms with Gasteiger partial charge < -0.3 is 15.4 Å². The van der Waals surface area contributed by atoms with E-state index in [0.29, 0.717) is 17.1 Å². The topological polar surface area (TPSA) is 124 Å². The monoisotopic (exact) mass is 395 g/mol. The second kappa shape index (κ2) is 6.59. The number of amides is 2. The number of pyridine rings is 1. The van der Waals surface area contributed by atoms with E-state index in [1.807, 2.05) is 0 Å². The number of benzene rings is 1. The number of hydrogen-bond donors (Lipinski definition) is 2. The zero-order valence-electron chi connectivity index (χ0n) is 15.8. The Hall–Kier alpha value is -3.95. The Bertz CT molecular complexity index is 1310. The van der Waals surface area contributed by atoms with Crippen LogP contribution in [-0.2, 0) is 18.9 Å². The fourth-order valence-corrected chi connectivity index (χ4v) is 3.08. The molecule has 0 unspecified atom stereocenters. The highest BCUT2D eigenvalue weighted by Gasteiger charge is 2.24. The molecular formula is C19H17N5O5. The average molecular weight is 395 g/mol. The molecule has 29 heavy (non-hydrogen) atoms. The second-order valence-corrected chi connectivity index (χ2v) is 6.72. The Morgan fingerprint density at radius 1 is 1.17 bits per heavy atom. The van der Waals surface area contributed by atoms with E-state index in [1.165, 1.54) is 30.9 Å². The summed E-state index contributed by atoms with van der Waals surface area (Å²) >= 11 is 0. The van der Waals surface area contributed by atoms with Crippen LogP contribution in [0.2, 0.25) is 0 Å². The van der Waals surface area contributed by atoms with Crippen LogP contribution in [0.25, 0.3) is 11.0 Å². The third kappa shape index (κ3) is 3.04. The van der Waals surface area contributed by atoms with Gasteiger partial charge in [0.05, 0.1) is 16.6 Å². The Morgan fingerprint density at radius 2 is 1.93 bits per heavy atom. The zero-order chi connectivity index (χ0) is 20.9. The first-order valence-corrected chi connectivity index (χ1v) is 8.75. The van der Waals surface area contributed by atoms with Gasteiger partial charge in [0.1, 0.15) is 11.4 Å². The molecule has 2 N–H and O–H groups in total. The molecule has 10 nitrogen and oxygen atoms in total. The number of hydrogen-bond acceptors (Lipinski definition) is 6. The van der Waals surface area contributed by atoms with E-state index >= 15 is 0 Å². The van der Waals surface area contributed by atoms with Crippen LogP contribution < -0.4 is 26.6 Å². The van der Waals surface area contributed by atoms with Gasteiger partial charge in [0.15, 0.2) is 6.10 Å². The lowest BCUT2D eigenvalue weighted by Crippen LogP contribution is -2.37. The summed E-state index contributed by atoms with van der Waals surface area (Å²) in [6.45, 7) is 1.64. The van der Waals surface area contributed by atoms with Crippen LogP contribution in [0.1, 0.15) is 17.3 Å². The first kappa shape index (κ1) is 18.4. The third-order valence-corrected chi connectivity index (χ3v) is 4.72. The van der Waals surface area contributed by atoms with Crippen LogP contribution in [0, 0.1) is 0 Å². The highest BCUT2D eigenvalue weighted by molar-refractivity contribution is 6.06. The number of anilines is 2. The summed E-state index contributed by atoms with van der Waals surface area (Å²) in [6.07, 6.45) is 0.701. The number of aromatic nitrogens is 3. The molecule has 0 saturated carbocycles. The highest BCUT2D eigenvalue weighted by atomic mass is 16.5. The number of carbonyl (C=O) groups is 2. The number of rotatable bonds is 2. The van der Waals surface area contributed by atoms with Crippen LogP contribution in [-0.4, -0.2) is 32.0 Å². The van der Waals surface area contributed by atoms with Crippen molar-refractivity contribution in [2.24, 2.45) is 14.1 Å². The molecule has 3 heterocycles. The highest BCUT2D eigenvalue weighted by Crippen LogP contribution is 2.32. The minimum absolute atomic E-state index is 0.153. The summed E-state index contributed by atoms with van der Waals surface area (Å²) in [5.41, 5.74) is 0.192. The van der Waals surface area contributed by atoms with Crippen LogP contribution >= 0.6 is 0 Å². The van der Waals surface area contributed by atoms with E-state index in [0.717, 1.165) is 4.57 Å². The fraction of sp³-hybridized carbons (Fsp3) is 0.211. The SMILES string of the molecule is C[C@H]1Oc2ccc(NC(=O)c3cnc4c(c3)c(=O)n(C)c(=O)n4C)cc2NC1=O. The third-order valence-electron chi connectivity index (χ3n) is 4.72. The van der Waals surface area contributed by atoms with Crippen molar-refractivity contribution in [1.82, 2.24) is 14.1 Å². The Kier molecular flexibility index (Phi) is 4.18. The quantitative estimate of drug-likeness (QED) is 0.655. The molecule has 1 aliphatic heterocycles. The summed E-state index contributed by atoms with van der Waals surface area (Å²) < 4.78 is 7.68. The molecule has 0 fully saturated rings. The Labute approximate surface area is 163 Å². The number of carbonyl (C=O) groups excluding carboxylic acids is 2. The zero-order valence-corrected chi connectivity index (χ0v) is 15.8. The molecule has 0 saturated heterocycles. The normalized spacial score (nSPS) is 15.4. The predicted molar refractivity (Wildman–Crippen MR) is 105 cm³/mol. The van der Waals surface area contributed by atoms with Gasteiger partial charge >= 0.3 is 5.69 Å². The van der Waals surface area contributed by atoms with Gasteiger partial charge in [-0.2, -0.15) is 0 Å². The molecule has 0 bridgehead atoms. The van der Waals surface area contributed by atoms with Gasteiger partial charge in [-0.05, 0) is 31.2 Å². The van der Waals surface area contributed by atoms with Crippen molar-refractivity contribution in [2.45, 2.75) is 13.0 Å². The molecule has 10 heteroatoms. The molecule has 0 spiro atoms. The average Bonchev–Trinajstić information content (AvgIpc) is 2.71. The lowest BCUT2D eigenvalue weighted by atomic mass is 10.2. The van der Waals surface area contributed by atoms with Crippen LogP contribution in [0.4, 0.5) is 11.4 Å². The van der Waals surface area contributed by atoms with Crippen molar-refractivity contribution >= 4 is 34.2 Å². The summed E-state index contributed by atoms with van der Waals surface area (Å²) in [5, 5.41) is 5.56. The van der Waals surface area contributed by atoms with Crippen LogP contribution in [0.15, 0.2) is 40.1 Å². The van der Waals surface area contributed by atoms with Gasteiger partial charge in [-0.15, -0.1) is 0 Å². The fourth-order valence-electron chi connectivity index (χ4n) is 3.08.